The maximum Gasteiger partial charge on any atom is 0.234 e. The molecule has 0 bridgehead atoms. The molecule has 0 radical (unpaired) electrons. The maximum atomic E-state index is 11.9. The van der Waals surface area contributed by atoms with Crippen LogP contribution in [-0.4, -0.2) is 36.5 Å². The van der Waals surface area contributed by atoms with Crippen LogP contribution < -0.4 is 10.1 Å². The summed E-state index contributed by atoms with van der Waals surface area (Å²) >= 11 is 0. The lowest BCUT2D eigenvalue weighted by atomic mass is 9.96. The molecule has 0 heterocycles. The van der Waals surface area contributed by atoms with Crippen molar-refractivity contribution in [3.05, 3.63) is 29.8 Å². The maximum absolute atomic E-state index is 11.9. The van der Waals surface area contributed by atoms with Crippen LogP contribution >= 0.6 is 0 Å². The van der Waals surface area contributed by atoms with Gasteiger partial charge in [-0.1, -0.05) is 18.2 Å². The quantitative estimate of drug-likeness (QED) is 0.839. The molecule has 116 valence electrons. The van der Waals surface area contributed by atoms with Crippen LogP contribution in [0, 0.1) is 0 Å². The third-order valence-corrected chi connectivity index (χ3v) is 4.07. The highest BCUT2D eigenvalue weighted by atomic mass is 16.5. The molecule has 1 aromatic carbocycles. The van der Waals surface area contributed by atoms with Crippen molar-refractivity contribution >= 4 is 5.91 Å². The smallest absolute Gasteiger partial charge is 0.234 e. The lowest BCUT2D eigenvalue weighted by Crippen LogP contribution is -2.38. The minimum Gasteiger partial charge on any atom is -0.490 e. The van der Waals surface area contributed by atoms with Crippen molar-refractivity contribution < 1.29 is 9.53 Å². The number of carbonyl (C=O) groups is 1. The van der Waals surface area contributed by atoms with E-state index in [9.17, 15) is 4.79 Å². The van der Waals surface area contributed by atoms with Gasteiger partial charge in [-0.05, 0) is 46.2 Å². The van der Waals surface area contributed by atoms with E-state index in [2.05, 4.69) is 19.2 Å². The third-order valence-electron chi connectivity index (χ3n) is 4.07. The molecule has 1 aliphatic rings. The molecule has 0 aliphatic heterocycles. The molecule has 0 spiro atoms. The van der Waals surface area contributed by atoms with E-state index < -0.39 is 0 Å². The van der Waals surface area contributed by atoms with E-state index >= 15 is 0 Å². The molecule has 0 unspecified atom stereocenters. The normalized spacial score (nSPS) is 15.1. The summed E-state index contributed by atoms with van der Waals surface area (Å²) in [7, 11) is 1.96. The lowest BCUT2D eigenvalue weighted by molar-refractivity contribution is -0.122. The topological polar surface area (TPSA) is 41.6 Å². The molecule has 2 rings (SSSR count). The molecule has 1 aliphatic carbocycles. The SMILES string of the molecule is CC(C)N(C)CC(=O)NCc1ccccc1OC1CCC1. The van der Waals surface area contributed by atoms with Gasteiger partial charge < -0.3 is 10.1 Å². The Morgan fingerprint density at radius 3 is 2.71 bits per heavy atom. The zero-order valence-corrected chi connectivity index (χ0v) is 13.3. The number of nitrogens with zero attached hydrogens (tertiary/aromatic N) is 1. The van der Waals surface area contributed by atoms with Crippen LogP contribution in [0.4, 0.5) is 0 Å². The molecule has 0 aromatic heterocycles. The summed E-state index contributed by atoms with van der Waals surface area (Å²) in [5, 5.41) is 2.97. The molecule has 0 atom stereocenters. The van der Waals surface area contributed by atoms with Gasteiger partial charge in [0.25, 0.3) is 0 Å². The fraction of sp³-hybridized carbons (Fsp3) is 0.588. The van der Waals surface area contributed by atoms with E-state index in [4.69, 9.17) is 4.74 Å². The molecule has 1 fully saturated rings. The Labute approximate surface area is 127 Å². The molecular weight excluding hydrogens is 264 g/mol. The van der Waals surface area contributed by atoms with Crippen molar-refractivity contribution in [2.45, 2.75) is 51.8 Å². The van der Waals surface area contributed by atoms with Gasteiger partial charge in [-0.2, -0.15) is 0 Å². The number of likely N-dealkylation sites (N-methyl/N-ethyl adjacent to an activating group) is 1. The van der Waals surface area contributed by atoms with E-state index in [0.29, 0.717) is 25.2 Å². The van der Waals surface area contributed by atoms with Crippen molar-refractivity contribution in [3.8, 4) is 5.75 Å². The Kier molecular flexibility index (Phi) is 5.62. The zero-order chi connectivity index (χ0) is 15.2. The zero-order valence-electron chi connectivity index (χ0n) is 13.3. The summed E-state index contributed by atoms with van der Waals surface area (Å²) in [5.74, 6) is 0.948. The van der Waals surface area contributed by atoms with E-state index in [1.807, 2.05) is 36.2 Å². The molecular formula is C17H26N2O2. The van der Waals surface area contributed by atoms with E-state index in [1.54, 1.807) is 0 Å². The summed E-state index contributed by atoms with van der Waals surface area (Å²) in [4.78, 5) is 14.0. The highest BCUT2D eigenvalue weighted by molar-refractivity contribution is 5.78. The van der Waals surface area contributed by atoms with Gasteiger partial charge in [0.1, 0.15) is 5.75 Å². The van der Waals surface area contributed by atoms with Gasteiger partial charge in [0.05, 0.1) is 12.6 Å². The second kappa shape index (κ2) is 7.46. The van der Waals surface area contributed by atoms with Gasteiger partial charge in [-0.25, -0.2) is 0 Å². The minimum absolute atomic E-state index is 0.0460. The van der Waals surface area contributed by atoms with Crippen molar-refractivity contribution in [1.82, 2.24) is 10.2 Å². The molecule has 1 N–H and O–H groups in total. The summed E-state index contributed by atoms with van der Waals surface area (Å²) in [6.07, 6.45) is 3.89. The Hall–Kier alpha value is -1.55. The van der Waals surface area contributed by atoms with E-state index in [1.165, 1.54) is 6.42 Å². The molecule has 1 aromatic rings. The van der Waals surface area contributed by atoms with Crippen LogP contribution in [0.3, 0.4) is 0 Å². The molecule has 1 saturated carbocycles. The van der Waals surface area contributed by atoms with Gasteiger partial charge in [-0.15, -0.1) is 0 Å². The number of hydrogen-bond acceptors (Lipinski definition) is 3. The summed E-state index contributed by atoms with van der Waals surface area (Å²) in [5.41, 5.74) is 1.05. The highest BCUT2D eigenvalue weighted by Crippen LogP contribution is 2.27. The second-order valence-corrected chi connectivity index (χ2v) is 6.06. The van der Waals surface area contributed by atoms with Crippen LogP contribution in [0.15, 0.2) is 24.3 Å². The number of carbonyl (C=O) groups excluding carboxylic acids is 1. The average molecular weight is 290 g/mol. The predicted molar refractivity (Wildman–Crippen MR) is 84.3 cm³/mol. The van der Waals surface area contributed by atoms with Gasteiger partial charge in [0.15, 0.2) is 0 Å². The Morgan fingerprint density at radius 2 is 2.10 bits per heavy atom. The first kappa shape index (κ1) is 15.8. The number of benzene rings is 1. The number of hydrogen-bond donors (Lipinski definition) is 1. The standard InChI is InChI=1S/C17H26N2O2/c1-13(2)19(3)12-17(20)18-11-14-7-4-5-10-16(14)21-15-8-6-9-15/h4-5,7,10,13,15H,6,8-9,11-12H2,1-3H3,(H,18,20). The van der Waals surface area contributed by atoms with Crippen LogP contribution in [0.25, 0.3) is 0 Å². The van der Waals surface area contributed by atoms with Gasteiger partial charge >= 0.3 is 0 Å². The Balaban J connectivity index is 1.86. The van der Waals surface area contributed by atoms with Gasteiger partial charge in [0.2, 0.25) is 5.91 Å². The average Bonchev–Trinajstić information content (AvgIpc) is 2.41. The summed E-state index contributed by atoms with van der Waals surface area (Å²) in [6, 6.07) is 8.33. The van der Waals surface area contributed by atoms with E-state index in [0.717, 1.165) is 24.2 Å². The predicted octanol–water partition coefficient (Wildman–Crippen LogP) is 2.57. The number of amides is 1. The fourth-order valence-corrected chi connectivity index (χ4v) is 2.09. The van der Waals surface area contributed by atoms with Gasteiger partial charge in [-0.3, -0.25) is 9.69 Å². The molecule has 1 amide bonds. The summed E-state index contributed by atoms with van der Waals surface area (Å²) in [6.45, 7) is 5.10. The summed E-state index contributed by atoms with van der Waals surface area (Å²) < 4.78 is 5.97. The van der Waals surface area contributed by atoms with Crippen LogP contribution in [0.5, 0.6) is 5.75 Å². The monoisotopic (exact) mass is 290 g/mol. The largest absolute Gasteiger partial charge is 0.490 e. The van der Waals surface area contributed by atoms with E-state index in [-0.39, 0.29) is 5.91 Å². The van der Waals surface area contributed by atoms with Crippen molar-refractivity contribution in [3.63, 3.8) is 0 Å². The lowest BCUT2D eigenvalue weighted by Gasteiger charge is -2.27. The van der Waals surface area contributed by atoms with Crippen LogP contribution in [0.2, 0.25) is 0 Å². The molecule has 4 heteroatoms. The molecule has 21 heavy (non-hydrogen) atoms. The van der Waals surface area contributed by atoms with Crippen molar-refractivity contribution in [2.75, 3.05) is 13.6 Å². The highest BCUT2D eigenvalue weighted by Gasteiger charge is 2.20. The first-order chi connectivity index (χ1) is 10.1. The minimum atomic E-state index is 0.0460. The first-order valence-electron chi connectivity index (χ1n) is 7.77. The van der Waals surface area contributed by atoms with Crippen LogP contribution in [0.1, 0.15) is 38.7 Å². The van der Waals surface area contributed by atoms with Crippen molar-refractivity contribution in [2.24, 2.45) is 0 Å². The number of para-hydroxylation sites is 1. The third kappa shape index (κ3) is 4.74. The van der Waals surface area contributed by atoms with Crippen LogP contribution in [-0.2, 0) is 11.3 Å². The Bertz CT molecular complexity index is 470. The molecule has 0 saturated heterocycles. The Morgan fingerprint density at radius 1 is 1.38 bits per heavy atom. The first-order valence-corrected chi connectivity index (χ1v) is 7.77. The number of nitrogens with one attached hydrogen (secondary N) is 1. The number of rotatable bonds is 7. The number of ether oxygens (including phenoxy) is 1. The fourth-order valence-electron chi connectivity index (χ4n) is 2.09. The molecule has 4 nitrogen and oxygen atoms in total. The van der Waals surface area contributed by atoms with Gasteiger partial charge in [0, 0.05) is 18.2 Å². The second-order valence-electron chi connectivity index (χ2n) is 6.06. The van der Waals surface area contributed by atoms with Crippen molar-refractivity contribution in [1.29, 1.82) is 0 Å².